The molecular formula is C6H9NO2. The maximum Gasteiger partial charge on any atom is 0.157 e. The topological polar surface area (TPSA) is 63.3 Å². The summed E-state index contributed by atoms with van der Waals surface area (Å²) in [4.78, 5) is 10.6. The van der Waals surface area contributed by atoms with Crippen molar-refractivity contribution in [3.8, 4) is 0 Å². The van der Waals surface area contributed by atoms with Crippen LogP contribution in [0.4, 0.5) is 0 Å². The molecule has 0 spiro atoms. The highest BCUT2D eigenvalue weighted by molar-refractivity contribution is 5.91. The van der Waals surface area contributed by atoms with Gasteiger partial charge in [0.1, 0.15) is 0 Å². The van der Waals surface area contributed by atoms with Crippen LogP contribution in [0.1, 0.15) is 12.8 Å². The van der Waals surface area contributed by atoms with Gasteiger partial charge in [-0.15, -0.1) is 0 Å². The van der Waals surface area contributed by atoms with E-state index < -0.39 is 6.10 Å². The summed E-state index contributed by atoms with van der Waals surface area (Å²) in [6.45, 7) is 0. The van der Waals surface area contributed by atoms with Gasteiger partial charge in [0.05, 0.1) is 6.10 Å². The van der Waals surface area contributed by atoms with Gasteiger partial charge in [0.25, 0.3) is 0 Å². The molecule has 0 aromatic carbocycles. The highest BCUT2D eigenvalue weighted by Crippen LogP contribution is 2.10. The van der Waals surface area contributed by atoms with E-state index >= 15 is 0 Å². The predicted octanol–water partition coefficient (Wildman–Crippen LogP) is -0.447. The fourth-order valence-electron chi connectivity index (χ4n) is 0.800. The minimum absolute atomic E-state index is 0.0119. The van der Waals surface area contributed by atoms with Gasteiger partial charge in [-0.25, -0.2) is 0 Å². The standard InChI is InChI=1S/C6H9NO2/c7-5-3-4(8)1-2-6(5)9/h3,6,9H,1-2,7H2. The average Bonchev–Trinajstić information content (AvgIpc) is 1.80. The summed E-state index contributed by atoms with van der Waals surface area (Å²) in [6, 6.07) is 0. The van der Waals surface area contributed by atoms with Crippen molar-refractivity contribution in [2.24, 2.45) is 5.73 Å². The zero-order valence-electron chi connectivity index (χ0n) is 5.00. The number of hydrogen-bond acceptors (Lipinski definition) is 3. The Kier molecular flexibility index (Phi) is 1.53. The summed E-state index contributed by atoms with van der Waals surface area (Å²) in [5.74, 6) is 0.0119. The largest absolute Gasteiger partial charge is 0.400 e. The molecule has 3 N–H and O–H groups in total. The minimum atomic E-state index is -0.595. The van der Waals surface area contributed by atoms with E-state index in [9.17, 15) is 4.79 Å². The molecule has 0 fully saturated rings. The van der Waals surface area contributed by atoms with E-state index in [0.717, 1.165) is 0 Å². The van der Waals surface area contributed by atoms with Gasteiger partial charge in [-0.05, 0) is 6.42 Å². The van der Waals surface area contributed by atoms with E-state index in [2.05, 4.69) is 0 Å². The van der Waals surface area contributed by atoms with Gasteiger partial charge < -0.3 is 10.8 Å². The van der Waals surface area contributed by atoms with E-state index in [1.807, 2.05) is 0 Å². The molecule has 1 unspecified atom stereocenters. The molecule has 0 amide bonds. The first-order valence-electron chi connectivity index (χ1n) is 2.88. The van der Waals surface area contributed by atoms with Crippen LogP contribution in [-0.4, -0.2) is 17.0 Å². The third-order valence-corrected chi connectivity index (χ3v) is 1.38. The van der Waals surface area contributed by atoms with Crippen molar-refractivity contribution in [2.45, 2.75) is 18.9 Å². The Morgan fingerprint density at radius 1 is 1.78 bits per heavy atom. The molecule has 1 aliphatic rings. The van der Waals surface area contributed by atoms with Gasteiger partial charge >= 0.3 is 0 Å². The Balaban J connectivity index is 2.72. The predicted molar refractivity (Wildman–Crippen MR) is 32.5 cm³/mol. The van der Waals surface area contributed by atoms with Crippen LogP contribution in [0.3, 0.4) is 0 Å². The summed E-state index contributed by atoms with van der Waals surface area (Å²) in [5.41, 5.74) is 5.56. The summed E-state index contributed by atoms with van der Waals surface area (Å²) in [6.07, 6.45) is 1.60. The van der Waals surface area contributed by atoms with Gasteiger partial charge in [0.2, 0.25) is 0 Å². The van der Waals surface area contributed by atoms with Crippen LogP contribution < -0.4 is 5.73 Å². The SMILES string of the molecule is NC1=CC(=O)CCC1O. The third-order valence-electron chi connectivity index (χ3n) is 1.38. The number of rotatable bonds is 0. The number of carbonyl (C=O) groups is 1. The van der Waals surface area contributed by atoms with E-state index in [1.165, 1.54) is 6.08 Å². The molecule has 50 valence electrons. The number of aliphatic hydroxyl groups is 1. The van der Waals surface area contributed by atoms with Crippen LogP contribution in [0.15, 0.2) is 11.8 Å². The second kappa shape index (κ2) is 2.19. The molecule has 0 bridgehead atoms. The van der Waals surface area contributed by atoms with Gasteiger partial charge in [-0.3, -0.25) is 4.79 Å². The number of hydrogen-bond donors (Lipinski definition) is 2. The molecule has 0 saturated carbocycles. The van der Waals surface area contributed by atoms with Crippen molar-refractivity contribution in [2.75, 3.05) is 0 Å². The Labute approximate surface area is 53.2 Å². The van der Waals surface area contributed by atoms with E-state index in [4.69, 9.17) is 10.8 Å². The number of carbonyl (C=O) groups excluding carboxylic acids is 1. The lowest BCUT2D eigenvalue weighted by atomic mass is 10.0. The first kappa shape index (κ1) is 6.29. The monoisotopic (exact) mass is 127 g/mol. The Bertz CT molecular complexity index is 162. The van der Waals surface area contributed by atoms with Gasteiger partial charge in [-0.1, -0.05) is 0 Å². The zero-order chi connectivity index (χ0) is 6.85. The normalized spacial score (nSPS) is 27.9. The summed E-state index contributed by atoms with van der Waals surface area (Å²) >= 11 is 0. The van der Waals surface area contributed by atoms with Crippen LogP contribution in [0, 0.1) is 0 Å². The average molecular weight is 127 g/mol. The van der Waals surface area contributed by atoms with Gasteiger partial charge in [0.15, 0.2) is 5.78 Å². The maximum absolute atomic E-state index is 10.6. The molecule has 0 heterocycles. The highest BCUT2D eigenvalue weighted by Gasteiger charge is 2.15. The summed E-state index contributed by atoms with van der Waals surface area (Å²) < 4.78 is 0. The van der Waals surface area contributed by atoms with Crippen LogP contribution in [-0.2, 0) is 4.79 Å². The summed E-state index contributed by atoms with van der Waals surface area (Å²) in [7, 11) is 0. The Morgan fingerprint density at radius 2 is 2.44 bits per heavy atom. The molecular weight excluding hydrogens is 118 g/mol. The fourth-order valence-corrected chi connectivity index (χ4v) is 0.800. The molecule has 1 rings (SSSR count). The zero-order valence-corrected chi connectivity index (χ0v) is 5.00. The smallest absolute Gasteiger partial charge is 0.157 e. The van der Waals surface area contributed by atoms with Crippen molar-refractivity contribution >= 4 is 5.78 Å². The number of aliphatic hydroxyl groups excluding tert-OH is 1. The van der Waals surface area contributed by atoms with E-state index in [-0.39, 0.29) is 5.78 Å². The molecule has 0 aromatic rings. The molecule has 0 radical (unpaired) electrons. The second-order valence-corrected chi connectivity index (χ2v) is 2.17. The molecule has 3 heteroatoms. The molecule has 9 heavy (non-hydrogen) atoms. The lowest BCUT2D eigenvalue weighted by Crippen LogP contribution is -2.23. The quantitative estimate of drug-likeness (QED) is 0.463. The molecule has 1 atom stereocenters. The molecule has 3 nitrogen and oxygen atoms in total. The van der Waals surface area contributed by atoms with E-state index in [0.29, 0.717) is 18.5 Å². The van der Waals surface area contributed by atoms with Crippen LogP contribution >= 0.6 is 0 Å². The number of ketones is 1. The molecule has 1 aliphatic carbocycles. The number of nitrogens with two attached hydrogens (primary N) is 1. The molecule has 0 aromatic heterocycles. The van der Waals surface area contributed by atoms with Gasteiger partial charge in [-0.2, -0.15) is 0 Å². The van der Waals surface area contributed by atoms with Crippen molar-refractivity contribution in [1.82, 2.24) is 0 Å². The van der Waals surface area contributed by atoms with Crippen LogP contribution in [0.2, 0.25) is 0 Å². The van der Waals surface area contributed by atoms with Crippen molar-refractivity contribution in [3.63, 3.8) is 0 Å². The minimum Gasteiger partial charge on any atom is -0.400 e. The van der Waals surface area contributed by atoms with Gasteiger partial charge in [0, 0.05) is 18.2 Å². The third kappa shape index (κ3) is 1.29. The lowest BCUT2D eigenvalue weighted by Gasteiger charge is -2.13. The first-order valence-corrected chi connectivity index (χ1v) is 2.88. The lowest BCUT2D eigenvalue weighted by molar-refractivity contribution is -0.115. The second-order valence-electron chi connectivity index (χ2n) is 2.17. The highest BCUT2D eigenvalue weighted by atomic mass is 16.3. The Hall–Kier alpha value is -0.830. The fraction of sp³-hybridized carbons (Fsp3) is 0.500. The maximum atomic E-state index is 10.6. The van der Waals surface area contributed by atoms with Crippen molar-refractivity contribution in [3.05, 3.63) is 11.8 Å². The van der Waals surface area contributed by atoms with E-state index in [1.54, 1.807) is 0 Å². The molecule has 0 aliphatic heterocycles. The summed E-state index contributed by atoms with van der Waals surface area (Å²) in [5, 5.41) is 8.95. The Morgan fingerprint density at radius 3 is 2.89 bits per heavy atom. The van der Waals surface area contributed by atoms with Crippen LogP contribution in [0.25, 0.3) is 0 Å². The van der Waals surface area contributed by atoms with Crippen molar-refractivity contribution in [1.29, 1.82) is 0 Å². The molecule has 0 saturated heterocycles. The number of allylic oxidation sites excluding steroid dienone is 1. The van der Waals surface area contributed by atoms with Crippen molar-refractivity contribution < 1.29 is 9.90 Å². The first-order chi connectivity index (χ1) is 4.20. The van der Waals surface area contributed by atoms with Crippen LogP contribution in [0.5, 0.6) is 0 Å².